The van der Waals surface area contributed by atoms with Crippen LogP contribution in [0.2, 0.25) is 0 Å². The van der Waals surface area contributed by atoms with Crippen LogP contribution >= 0.6 is 11.8 Å². The smallest absolute Gasteiger partial charge is 0.303 e. The van der Waals surface area contributed by atoms with Crippen LogP contribution in [0.1, 0.15) is 39.7 Å². The highest BCUT2D eigenvalue weighted by molar-refractivity contribution is 7.99. The number of aryl methyl sites for hydroxylation is 2. The van der Waals surface area contributed by atoms with E-state index in [2.05, 4.69) is 5.32 Å². The number of aromatic nitrogens is 2. The van der Waals surface area contributed by atoms with E-state index in [9.17, 15) is 19.2 Å². The number of hydrogen-bond donors (Lipinski definition) is 1. The molecule has 13 heteroatoms. The van der Waals surface area contributed by atoms with Crippen LogP contribution in [0.15, 0.2) is 53.7 Å². The number of thioether (sulfide) groups is 1. The first-order chi connectivity index (χ1) is 21.0. The maximum Gasteiger partial charge on any atom is 0.303 e. The van der Waals surface area contributed by atoms with Gasteiger partial charge in [0.1, 0.15) is 29.9 Å². The van der Waals surface area contributed by atoms with E-state index in [0.717, 1.165) is 22.3 Å². The van der Waals surface area contributed by atoms with Gasteiger partial charge in [0.15, 0.2) is 17.4 Å². The molecule has 236 valence electrons. The number of esters is 3. The molecule has 0 bridgehead atoms. The largest absolute Gasteiger partial charge is 0.494 e. The first-order valence-corrected chi connectivity index (χ1v) is 15.1. The maximum atomic E-state index is 12.4. The van der Waals surface area contributed by atoms with Gasteiger partial charge in [0.25, 0.3) is 0 Å². The predicted molar refractivity (Wildman–Crippen MR) is 161 cm³/mol. The van der Waals surface area contributed by atoms with Crippen LogP contribution in [-0.2, 0) is 44.7 Å². The molecule has 1 amide bonds. The lowest BCUT2D eigenvalue weighted by Crippen LogP contribution is -2.65. The standard InChI is InChI=1S/C31H37N3O9S/c1-18-11-13-23(14-12-18)39-16-8-15-34-25-10-7-6-9-24(25)33-31(34)44-30-27(32-19(2)35)29(42-22(5)38)28(41-21(4)37)26(43-30)17-40-20(3)36/h6-7,9-14,26-30H,8,15-17H2,1-5H3,(H,32,35)/t26-,27+,28-,29+,30+/m1/s1. The Bertz CT molecular complexity index is 1480. The fourth-order valence-electron chi connectivity index (χ4n) is 4.90. The molecule has 4 rings (SSSR count). The van der Waals surface area contributed by atoms with Crippen LogP contribution in [0.5, 0.6) is 5.75 Å². The van der Waals surface area contributed by atoms with Crippen molar-refractivity contribution in [3.05, 3.63) is 54.1 Å². The molecule has 1 fully saturated rings. The number of nitrogens with zero attached hydrogens (tertiary/aromatic N) is 2. The van der Waals surface area contributed by atoms with Gasteiger partial charge in [-0.1, -0.05) is 41.6 Å². The number of carbonyl (C=O) groups is 4. The van der Waals surface area contributed by atoms with Gasteiger partial charge in [-0.2, -0.15) is 0 Å². The van der Waals surface area contributed by atoms with Crippen molar-refractivity contribution in [2.75, 3.05) is 13.2 Å². The molecule has 1 aliphatic rings. The molecular formula is C31H37N3O9S. The van der Waals surface area contributed by atoms with Gasteiger partial charge in [0, 0.05) is 34.2 Å². The third kappa shape index (κ3) is 8.73. The normalized spacial score (nSPS) is 21.3. The molecule has 1 N–H and O–H groups in total. The zero-order valence-corrected chi connectivity index (χ0v) is 26.1. The van der Waals surface area contributed by atoms with Gasteiger partial charge in [-0.25, -0.2) is 4.98 Å². The van der Waals surface area contributed by atoms with Crippen LogP contribution in [0, 0.1) is 6.92 Å². The summed E-state index contributed by atoms with van der Waals surface area (Å²) in [5, 5.41) is 3.39. The molecule has 0 saturated carbocycles. The number of nitrogens with one attached hydrogen (secondary N) is 1. The van der Waals surface area contributed by atoms with Crippen molar-refractivity contribution in [3.63, 3.8) is 0 Å². The molecule has 0 radical (unpaired) electrons. The number of amides is 1. The lowest BCUT2D eigenvalue weighted by atomic mass is 9.97. The Morgan fingerprint density at radius 1 is 0.932 bits per heavy atom. The molecule has 2 heterocycles. The van der Waals surface area contributed by atoms with E-state index in [1.807, 2.05) is 60.0 Å². The number of carbonyl (C=O) groups excluding carboxylic acids is 4. The molecular weight excluding hydrogens is 590 g/mol. The highest BCUT2D eigenvalue weighted by Gasteiger charge is 2.51. The number of fused-ring (bicyclic) bond motifs is 1. The highest BCUT2D eigenvalue weighted by atomic mass is 32.2. The van der Waals surface area contributed by atoms with Crippen molar-refractivity contribution in [2.45, 2.75) is 82.5 Å². The van der Waals surface area contributed by atoms with E-state index < -0.39 is 53.6 Å². The second kappa shape index (κ2) is 15.1. The summed E-state index contributed by atoms with van der Waals surface area (Å²) in [6.45, 7) is 7.75. The summed E-state index contributed by atoms with van der Waals surface area (Å²) in [6.07, 6.45) is -2.65. The second-order valence-electron chi connectivity index (χ2n) is 10.4. The summed E-state index contributed by atoms with van der Waals surface area (Å²) in [6, 6.07) is 14.6. The van der Waals surface area contributed by atoms with Gasteiger partial charge in [-0.05, 0) is 37.6 Å². The zero-order chi connectivity index (χ0) is 31.8. The Balaban J connectivity index is 1.64. The highest BCUT2D eigenvalue weighted by Crippen LogP contribution is 2.37. The quantitative estimate of drug-likeness (QED) is 0.179. The Morgan fingerprint density at radius 3 is 2.27 bits per heavy atom. The molecule has 1 aromatic heterocycles. The predicted octanol–water partition coefficient (Wildman–Crippen LogP) is 3.56. The number of benzene rings is 2. The molecule has 1 saturated heterocycles. The molecule has 3 aromatic rings. The second-order valence-corrected chi connectivity index (χ2v) is 11.5. The minimum Gasteiger partial charge on any atom is -0.494 e. The van der Waals surface area contributed by atoms with Crippen molar-refractivity contribution < 1.29 is 42.9 Å². The first kappa shape index (κ1) is 32.8. The van der Waals surface area contributed by atoms with Gasteiger partial charge in [0.2, 0.25) is 5.91 Å². The SMILES string of the molecule is CC(=O)N[C@H]1[C@H](OC(C)=O)[C@H](OC(C)=O)[C@@H](COC(C)=O)O[C@H]1Sc1nc2ccccc2n1CCCOc1ccc(C)cc1. The molecule has 12 nitrogen and oxygen atoms in total. The third-order valence-electron chi connectivity index (χ3n) is 6.73. The van der Waals surface area contributed by atoms with Crippen LogP contribution < -0.4 is 10.1 Å². The third-order valence-corrected chi connectivity index (χ3v) is 7.89. The molecule has 1 aliphatic heterocycles. The summed E-state index contributed by atoms with van der Waals surface area (Å²) in [5.41, 5.74) is 1.92. The average Bonchev–Trinajstić information content (AvgIpc) is 3.30. The lowest BCUT2D eigenvalue weighted by Gasteiger charge is -2.44. The molecule has 5 atom stereocenters. The van der Waals surface area contributed by atoms with E-state index in [1.165, 1.54) is 39.5 Å². The molecule has 0 unspecified atom stereocenters. The van der Waals surface area contributed by atoms with Crippen LogP contribution in [0.4, 0.5) is 0 Å². The number of para-hydroxylation sites is 2. The van der Waals surface area contributed by atoms with Crippen LogP contribution in [0.3, 0.4) is 0 Å². The summed E-state index contributed by atoms with van der Waals surface area (Å²) < 4.78 is 30.7. The number of ether oxygens (including phenoxy) is 5. The average molecular weight is 628 g/mol. The topological polar surface area (TPSA) is 144 Å². The summed E-state index contributed by atoms with van der Waals surface area (Å²) >= 11 is 1.21. The van der Waals surface area contributed by atoms with E-state index in [1.54, 1.807) is 0 Å². The summed E-state index contributed by atoms with van der Waals surface area (Å²) in [5.74, 6) is -1.51. The number of rotatable bonds is 12. The Kier molecular flexibility index (Phi) is 11.2. The Labute approximate surface area is 259 Å². The van der Waals surface area contributed by atoms with Gasteiger partial charge < -0.3 is 33.6 Å². The van der Waals surface area contributed by atoms with Crippen molar-refractivity contribution in [1.82, 2.24) is 14.9 Å². The van der Waals surface area contributed by atoms with Gasteiger partial charge >= 0.3 is 17.9 Å². The minimum atomic E-state index is -1.16. The lowest BCUT2D eigenvalue weighted by molar-refractivity contribution is -0.211. The van der Waals surface area contributed by atoms with Crippen molar-refractivity contribution in [1.29, 1.82) is 0 Å². The van der Waals surface area contributed by atoms with Gasteiger partial charge in [-0.3, -0.25) is 19.2 Å². The van der Waals surface area contributed by atoms with E-state index in [0.29, 0.717) is 24.7 Å². The molecule has 44 heavy (non-hydrogen) atoms. The number of imidazole rings is 1. The van der Waals surface area contributed by atoms with Crippen molar-refractivity contribution >= 4 is 46.6 Å². The van der Waals surface area contributed by atoms with Crippen LogP contribution in [-0.4, -0.2) is 76.4 Å². The fraction of sp³-hybridized carbons (Fsp3) is 0.452. The number of hydrogen-bond acceptors (Lipinski definition) is 11. The maximum absolute atomic E-state index is 12.4. The van der Waals surface area contributed by atoms with E-state index in [-0.39, 0.29) is 6.61 Å². The summed E-state index contributed by atoms with van der Waals surface area (Å²) in [4.78, 5) is 53.1. The monoisotopic (exact) mass is 627 g/mol. The molecule has 0 aliphatic carbocycles. The van der Waals surface area contributed by atoms with Crippen LogP contribution in [0.25, 0.3) is 11.0 Å². The first-order valence-electron chi connectivity index (χ1n) is 14.2. The summed E-state index contributed by atoms with van der Waals surface area (Å²) in [7, 11) is 0. The van der Waals surface area contributed by atoms with Crippen molar-refractivity contribution in [2.24, 2.45) is 0 Å². The van der Waals surface area contributed by atoms with E-state index in [4.69, 9.17) is 28.7 Å². The Hall–Kier alpha value is -4.10. The molecule has 0 spiro atoms. The van der Waals surface area contributed by atoms with Gasteiger partial charge in [0.05, 0.1) is 17.6 Å². The van der Waals surface area contributed by atoms with Gasteiger partial charge in [-0.15, -0.1) is 0 Å². The van der Waals surface area contributed by atoms with Crippen molar-refractivity contribution in [3.8, 4) is 5.75 Å². The zero-order valence-electron chi connectivity index (χ0n) is 25.3. The Morgan fingerprint density at radius 2 is 1.61 bits per heavy atom. The minimum absolute atomic E-state index is 0.276. The van der Waals surface area contributed by atoms with E-state index >= 15 is 0 Å². The molecule has 2 aromatic carbocycles. The fourth-order valence-corrected chi connectivity index (χ4v) is 6.15.